The first-order chi connectivity index (χ1) is 9.83. The van der Waals surface area contributed by atoms with Crippen LogP contribution in [0, 0.1) is 0 Å². The van der Waals surface area contributed by atoms with Crippen molar-refractivity contribution in [3.05, 3.63) is 59.7 Å². The highest BCUT2D eigenvalue weighted by Crippen LogP contribution is 2.30. The van der Waals surface area contributed by atoms with Crippen LogP contribution in [-0.4, -0.2) is 13.2 Å². The van der Waals surface area contributed by atoms with E-state index in [1.165, 1.54) is 11.1 Å². The zero-order valence-electron chi connectivity index (χ0n) is 11.7. The summed E-state index contributed by atoms with van der Waals surface area (Å²) in [5.41, 5.74) is 2.61. The molecule has 0 saturated carbocycles. The zero-order chi connectivity index (χ0) is 13.8. The molecule has 0 radical (unpaired) electrons. The predicted molar refractivity (Wildman–Crippen MR) is 77.9 cm³/mol. The Morgan fingerprint density at radius 3 is 2.55 bits per heavy atom. The first-order valence-corrected chi connectivity index (χ1v) is 7.10. The van der Waals surface area contributed by atoms with Crippen molar-refractivity contribution in [1.29, 1.82) is 0 Å². The van der Waals surface area contributed by atoms with Gasteiger partial charge in [-0.25, -0.2) is 0 Å². The maximum atomic E-state index is 5.62. The molecule has 1 aliphatic rings. The van der Waals surface area contributed by atoms with Crippen LogP contribution in [0.5, 0.6) is 11.5 Å². The van der Waals surface area contributed by atoms with E-state index < -0.39 is 0 Å². The summed E-state index contributed by atoms with van der Waals surface area (Å²) in [7, 11) is 0. The summed E-state index contributed by atoms with van der Waals surface area (Å²) in [6.45, 7) is 4.45. The normalized spacial score (nSPS) is 14.8. The molecule has 0 aromatic heterocycles. The van der Waals surface area contributed by atoms with Crippen LogP contribution < -0.4 is 14.8 Å². The van der Waals surface area contributed by atoms with Crippen LogP contribution in [0.1, 0.15) is 24.1 Å². The lowest BCUT2D eigenvalue weighted by atomic mass is 10.1. The molecule has 0 bridgehead atoms. The van der Waals surface area contributed by atoms with Gasteiger partial charge < -0.3 is 14.8 Å². The molecule has 0 saturated heterocycles. The lowest BCUT2D eigenvalue weighted by Gasteiger charge is -2.19. The number of ether oxygens (including phenoxy) is 2. The Morgan fingerprint density at radius 1 is 1.00 bits per heavy atom. The number of hydrogen-bond acceptors (Lipinski definition) is 2. The molecule has 3 rings (SSSR count). The highest BCUT2D eigenvalue weighted by atomic mass is 16.6. The Bertz CT molecular complexity index is 568. The number of hydrogen-bond donors (Lipinski definition) is 1. The van der Waals surface area contributed by atoms with Gasteiger partial charge in [0.25, 0.3) is 0 Å². The van der Waals surface area contributed by atoms with E-state index in [2.05, 4.69) is 54.7 Å². The van der Waals surface area contributed by atoms with E-state index in [0.29, 0.717) is 19.3 Å². The Labute approximate surface area is 119 Å². The summed E-state index contributed by atoms with van der Waals surface area (Å²) in [5.74, 6) is 1.73. The van der Waals surface area contributed by atoms with Gasteiger partial charge in [0.15, 0.2) is 11.5 Å². The Kier molecular flexibility index (Phi) is 3.88. The first kappa shape index (κ1) is 13.0. The SMILES string of the molecule is C[C@@H]([NH2+]Cc1ccc2c(c1)OCCO2)c1ccccc1. The van der Waals surface area contributed by atoms with Gasteiger partial charge in [-0.2, -0.15) is 0 Å². The summed E-state index contributed by atoms with van der Waals surface area (Å²) in [6.07, 6.45) is 0. The molecule has 3 heteroatoms. The highest BCUT2D eigenvalue weighted by Gasteiger charge is 2.13. The van der Waals surface area contributed by atoms with Gasteiger partial charge in [0.1, 0.15) is 25.8 Å². The van der Waals surface area contributed by atoms with Crippen LogP contribution in [0.2, 0.25) is 0 Å². The van der Waals surface area contributed by atoms with Crippen molar-refractivity contribution in [3.63, 3.8) is 0 Å². The van der Waals surface area contributed by atoms with Gasteiger partial charge in [-0.1, -0.05) is 30.3 Å². The summed E-state index contributed by atoms with van der Waals surface area (Å²) in [5, 5.41) is 2.33. The molecule has 0 spiro atoms. The number of nitrogens with two attached hydrogens (primary N) is 1. The minimum Gasteiger partial charge on any atom is -0.486 e. The molecule has 0 amide bonds. The average molecular weight is 270 g/mol. The largest absolute Gasteiger partial charge is 0.486 e. The fraction of sp³-hybridized carbons (Fsp3) is 0.294. The van der Waals surface area contributed by atoms with E-state index in [-0.39, 0.29) is 0 Å². The van der Waals surface area contributed by atoms with E-state index in [0.717, 1.165) is 18.0 Å². The molecule has 3 nitrogen and oxygen atoms in total. The average Bonchev–Trinajstić information content (AvgIpc) is 2.53. The monoisotopic (exact) mass is 270 g/mol. The molecule has 1 heterocycles. The van der Waals surface area contributed by atoms with Gasteiger partial charge in [-0.15, -0.1) is 0 Å². The van der Waals surface area contributed by atoms with Crippen molar-refractivity contribution in [2.24, 2.45) is 0 Å². The van der Waals surface area contributed by atoms with Crippen LogP contribution >= 0.6 is 0 Å². The molecule has 2 N–H and O–H groups in total. The zero-order valence-corrected chi connectivity index (χ0v) is 11.7. The van der Waals surface area contributed by atoms with Gasteiger partial charge in [0, 0.05) is 11.1 Å². The number of rotatable bonds is 4. The van der Waals surface area contributed by atoms with Crippen LogP contribution in [0.15, 0.2) is 48.5 Å². The third-order valence-electron chi connectivity index (χ3n) is 3.64. The van der Waals surface area contributed by atoms with E-state index in [1.807, 2.05) is 6.07 Å². The lowest BCUT2D eigenvalue weighted by Crippen LogP contribution is -2.83. The standard InChI is InChI=1S/C17H19NO2/c1-13(15-5-3-2-4-6-15)18-12-14-7-8-16-17(11-14)20-10-9-19-16/h2-8,11,13,18H,9-10,12H2,1H3/p+1/t13-/m1/s1. The van der Waals surface area contributed by atoms with E-state index >= 15 is 0 Å². The van der Waals surface area contributed by atoms with E-state index in [1.54, 1.807) is 0 Å². The van der Waals surface area contributed by atoms with Gasteiger partial charge in [-0.05, 0) is 25.1 Å². The maximum Gasteiger partial charge on any atom is 0.161 e. The molecule has 0 fully saturated rings. The van der Waals surface area contributed by atoms with Crippen molar-refractivity contribution < 1.29 is 14.8 Å². The van der Waals surface area contributed by atoms with Gasteiger partial charge in [-0.3, -0.25) is 0 Å². The summed E-state index contributed by atoms with van der Waals surface area (Å²) >= 11 is 0. The number of fused-ring (bicyclic) bond motifs is 1. The molecule has 104 valence electrons. The third kappa shape index (κ3) is 2.94. The van der Waals surface area contributed by atoms with E-state index in [9.17, 15) is 0 Å². The second kappa shape index (κ2) is 5.97. The second-order valence-corrected chi connectivity index (χ2v) is 5.12. The predicted octanol–water partition coefficient (Wildman–Crippen LogP) is 2.28. The minimum atomic E-state index is 0.449. The quantitative estimate of drug-likeness (QED) is 0.925. The fourth-order valence-electron chi connectivity index (χ4n) is 2.42. The molecule has 0 unspecified atom stereocenters. The van der Waals surface area contributed by atoms with Crippen molar-refractivity contribution in [2.75, 3.05) is 13.2 Å². The second-order valence-electron chi connectivity index (χ2n) is 5.12. The Hall–Kier alpha value is -2.00. The van der Waals surface area contributed by atoms with Crippen molar-refractivity contribution in [3.8, 4) is 11.5 Å². The van der Waals surface area contributed by atoms with Crippen LogP contribution in [-0.2, 0) is 6.54 Å². The molecule has 1 aliphatic heterocycles. The van der Waals surface area contributed by atoms with Gasteiger partial charge >= 0.3 is 0 Å². The fourth-order valence-corrected chi connectivity index (χ4v) is 2.42. The molecular formula is C17H20NO2+. The summed E-state index contributed by atoms with van der Waals surface area (Å²) in [6, 6.07) is 17.2. The number of benzene rings is 2. The Morgan fingerprint density at radius 2 is 1.75 bits per heavy atom. The van der Waals surface area contributed by atoms with Gasteiger partial charge in [0.2, 0.25) is 0 Å². The van der Waals surface area contributed by atoms with Crippen LogP contribution in [0.3, 0.4) is 0 Å². The molecule has 20 heavy (non-hydrogen) atoms. The van der Waals surface area contributed by atoms with Crippen molar-refractivity contribution in [1.82, 2.24) is 0 Å². The molecule has 2 aromatic carbocycles. The number of quaternary nitrogens is 1. The first-order valence-electron chi connectivity index (χ1n) is 7.10. The third-order valence-corrected chi connectivity index (χ3v) is 3.64. The summed E-state index contributed by atoms with van der Waals surface area (Å²) in [4.78, 5) is 0. The minimum absolute atomic E-state index is 0.449. The molecule has 2 aromatic rings. The highest BCUT2D eigenvalue weighted by molar-refractivity contribution is 5.43. The molecule has 1 atom stereocenters. The van der Waals surface area contributed by atoms with Gasteiger partial charge in [0.05, 0.1) is 0 Å². The van der Waals surface area contributed by atoms with Crippen LogP contribution in [0.4, 0.5) is 0 Å². The Balaban J connectivity index is 1.64. The van der Waals surface area contributed by atoms with Crippen molar-refractivity contribution >= 4 is 0 Å². The summed E-state index contributed by atoms with van der Waals surface area (Å²) < 4.78 is 11.2. The topological polar surface area (TPSA) is 35.1 Å². The lowest BCUT2D eigenvalue weighted by molar-refractivity contribution is -0.707. The van der Waals surface area contributed by atoms with E-state index in [4.69, 9.17) is 9.47 Å². The molecule has 0 aliphatic carbocycles. The maximum absolute atomic E-state index is 5.62. The van der Waals surface area contributed by atoms with Crippen molar-refractivity contribution in [2.45, 2.75) is 19.5 Å². The smallest absolute Gasteiger partial charge is 0.161 e. The van der Waals surface area contributed by atoms with Crippen LogP contribution in [0.25, 0.3) is 0 Å². The molecular weight excluding hydrogens is 250 g/mol.